The summed E-state index contributed by atoms with van der Waals surface area (Å²) < 4.78 is 5.29. The normalized spacial score (nSPS) is 11.3. The first-order chi connectivity index (χ1) is 9.52. The highest BCUT2D eigenvalue weighted by Gasteiger charge is 2.05. The van der Waals surface area contributed by atoms with Crippen molar-refractivity contribution < 1.29 is 4.74 Å². The van der Waals surface area contributed by atoms with Gasteiger partial charge in [0.25, 0.3) is 0 Å². The van der Waals surface area contributed by atoms with Gasteiger partial charge in [-0.05, 0) is 40.8 Å². The number of hydrogen-bond acceptors (Lipinski definition) is 5. The molecular formula is C14H25ClN4O. The molecule has 0 amide bonds. The Balaban J connectivity index is 2.41. The van der Waals surface area contributed by atoms with Crippen LogP contribution in [-0.2, 0) is 11.3 Å². The van der Waals surface area contributed by atoms with Gasteiger partial charge in [0.15, 0.2) is 5.82 Å². The molecule has 0 atom stereocenters. The van der Waals surface area contributed by atoms with Crippen LogP contribution in [0.1, 0.15) is 33.0 Å². The minimum absolute atomic E-state index is 0.391. The summed E-state index contributed by atoms with van der Waals surface area (Å²) in [6, 6.07) is 2.31. The summed E-state index contributed by atoms with van der Waals surface area (Å²) in [6.45, 7) is 9.26. The Hall–Kier alpha value is -0.910. The molecule has 0 aliphatic heterocycles. The summed E-state index contributed by atoms with van der Waals surface area (Å²) in [5, 5.41) is 3.72. The van der Waals surface area contributed by atoms with Gasteiger partial charge in [0.1, 0.15) is 17.6 Å². The largest absolute Gasteiger partial charge is 0.374 e. The maximum atomic E-state index is 5.98. The molecule has 0 saturated carbocycles. The van der Waals surface area contributed by atoms with E-state index in [0.29, 0.717) is 30.2 Å². The third kappa shape index (κ3) is 6.50. The number of aromatic nitrogens is 2. The van der Waals surface area contributed by atoms with Crippen LogP contribution in [0.3, 0.4) is 0 Å². The lowest BCUT2D eigenvalue weighted by Crippen LogP contribution is -2.28. The van der Waals surface area contributed by atoms with Gasteiger partial charge in [-0.25, -0.2) is 9.97 Å². The first-order valence-corrected chi connectivity index (χ1v) is 7.46. The Labute approximate surface area is 126 Å². The maximum absolute atomic E-state index is 5.98. The van der Waals surface area contributed by atoms with Crippen molar-refractivity contribution in [2.45, 2.75) is 39.8 Å². The fourth-order valence-corrected chi connectivity index (χ4v) is 1.82. The van der Waals surface area contributed by atoms with E-state index in [2.05, 4.69) is 41.1 Å². The Kier molecular flexibility index (Phi) is 7.80. The molecule has 1 rings (SSSR count). The van der Waals surface area contributed by atoms with Crippen molar-refractivity contribution >= 4 is 17.4 Å². The second kappa shape index (κ2) is 9.10. The van der Waals surface area contributed by atoms with Crippen molar-refractivity contribution in [1.82, 2.24) is 14.9 Å². The molecule has 114 valence electrons. The van der Waals surface area contributed by atoms with Gasteiger partial charge in [-0.15, -0.1) is 0 Å². The number of nitrogens with one attached hydrogen (secondary N) is 1. The Morgan fingerprint density at radius 2 is 2.15 bits per heavy atom. The third-order valence-corrected chi connectivity index (χ3v) is 3.25. The monoisotopic (exact) mass is 300 g/mol. The molecular weight excluding hydrogens is 276 g/mol. The highest BCUT2D eigenvalue weighted by Crippen LogP contribution is 2.12. The van der Waals surface area contributed by atoms with Crippen molar-refractivity contribution in [3.05, 3.63) is 17.0 Å². The summed E-state index contributed by atoms with van der Waals surface area (Å²) >= 11 is 5.98. The van der Waals surface area contributed by atoms with Gasteiger partial charge in [-0.2, -0.15) is 0 Å². The second-order valence-corrected chi connectivity index (χ2v) is 5.37. The summed E-state index contributed by atoms with van der Waals surface area (Å²) in [5.41, 5.74) is 0. The van der Waals surface area contributed by atoms with Gasteiger partial charge in [0, 0.05) is 25.3 Å². The van der Waals surface area contributed by atoms with Crippen molar-refractivity contribution in [3.63, 3.8) is 0 Å². The van der Waals surface area contributed by atoms with Crippen molar-refractivity contribution in [2.24, 2.45) is 0 Å². The van der Waals surface area contributed by atoms with E-state index in [1.54, 1.807) is 6.07 Å². The molecule has 0 aliphatic carbocycles. The van der Waals surface area contributed by atoms with Gasteiger partial charge < -0.3 is 15.0 Å². The van der Waals surface area contributed by atoms with Gasteiger partial charge in [0.05, 0.1) is 0 Å². The van der Waals surface area contributed by atoms with Gasteiger partial charge in [0.2, 0.25) is 0 Å². The highest BCUT2D eigenvalue weighted by atomic mass is 35.5. The number of rotatable bonds is 9. The van der Waals surface area contributed by atoms with Crippen LogP contribution in [0.5, 0.6) is 0 Å². The molecule has 1 N–H and O–H groups in total. The van der Waals surface area contributed by atoms with E-state index in [9.17, 15) is 0 Å². The second-order valence-electron chi connectivity index (χ2n) is 4.98. The van der Waals surface area contributed by atoms with Crippen LogP contribution in [-0.4, -0.2) is 47.7 Å². The molecule has 20 heavy (non-hydrogen) atoms. The van der Waals surface area contributed by atoms with Crippen LogP contribution in [0, 0.1) is 0 Å². The summed E-state index contributed by atoms with van der Waals surface area (Å²) in [6.07, 6.45) is 1.05. The standard InChI is InChI=1S/C14H25ClN4O/c1-5-20-10-14-17-12(15)9-13(18-14)16-7-6-8-19(4)11(2)3/h9,11H,5-8,10H2,1-4H3,(H,16,17,18). The molecule has 0 fully saturated rings. The predicted molar refractivity (Wildman–Crippen MR) is 83.2 cm³/mol. The predicted octanol–water partition coefficient (Wildman–Crippen LogP) is 2.81. The lowest BCUT2D eigenvalue weighted by Gasteiger charge is -2.20. The van der Waals surface area contributed by atoms with E-state index < -0.39 is 0 Å². The number of ether oxygens (including phenoxy) is 1. The zero-order chi connectivity index (χ0) is 15.0. The summed E-state index contributed by atoms with van der Waals surface area (Å²) in [7, 11) is 2.13. The molecule has 0 saturated heterocycles. The molecule has 1 heterocycles. The number of hydrogen-bond donors (Lipinski definition) is 1. The topological polar surface area (TPSA) is 50.3 Å². The third-order valence-electron chi connectivity index (χ3n) is 3.05. The Morgan fingerprint density at radius 3 is 2.80 bits per heavy atom. The van der Waals surface area contributed by atoms with Crippen LogP contribution in [0.15, 0.2) is 6.07 Å². The van der Waals surface area contributed by atoms with E-state index in [0.717, 1.165) is 25.3 Å². The summed E-state index contributed by atoms with van der Waals surface area (Å²) in [4.78, 5) is 10.8. The molecule has 0 bridgehead atoms. The maximum Gasteiger partial charge on any atom is 0.158 e. The molecule has 0 unspecified atom stereocenters. The number of nitrogens with zero attached hydrogens (tertiary/aromatic N) is 3. The van der Waals surface area contributed by atoms with Crippen molar-refractivity contribution in [3.8, 4) is 0 Å². The minimum atomic E-state index is 0.391. The van der Waals surface area contributed by atoms with Gasteiger partial charge in [-0.1, -0.05) is 11.6 Å². The smallest absolute Gasteiger partial charge is 0.158 e. The SMILES string of the molecule is CCOCc1nc(Cl)cc(NCCCN(C)C(C)C)n1. The quantitative estimate of drug-likeness (QED) is 0.561. The zero-order valence-corrected chi connectivity index (χ0v) is 13.6. The van der Waals surface area contributed by atoms with Crippen LogP contribution >= 0.6 is 11.6 Å². The lowest BCUT2D eigenvalue weighted by atomic mass is 10.3. The van der Waals surface area contributed by atoms with Crippen LogP contribution < -0.4 is 5.32 Å². The van der Waals surface area contributed by atoms with Crippen molar-refractivity contribution in [1.29, 1.82) is 0 Å². The molecule has 0 aromatic carbocycles. The first-order valence-electron chi connectivity index (χ1n) is 7.08. The van der Waals surface area contributed by atoms with Crippen LogP contribution in [0.2, 0.25) is 5.15 Å². The fraction of sp³-hybridized carbons (Fsp3) is 0.714. The minimum Gasteiger partial charge on any atom is -0.374 e. The molecule has 0 aliphatic rings. The van der Waals surface area contributed by atoms with Crippen molar-refractivity contribution in [2.75, 3.05) is 32.1 Å². The van der Waals surface area contributed by atoms with Gasteiger partial charge in [-0.3, -0.25) is 0 Å². The van der Waals surface area contributed by atoms with E-state index in [-0.39, 0.29) is 0 Å². The summed E-state index contributed by atoms with van der Waals surface area (Å²) in [5.74, 6) is 1.37. The van der Waals surface area contributed by atoms with E-state index in [4.69, 9.17) is 16.3 Å². The zero-order valence-electron chi connectivity index (χ0n) is 12.8. The molecule has 1 aromatic rings. The van der Waals surface area contributed by atoms with E-state index >= 15 is 0 Å². The number of halogens is 1. The fourth-order valence-electron chi connectivity index (χ4n) is 1.62. The Morgan fingerprint density at radius 1 is 1.40 bits per heavy atom. The van der Waals surface area contributed by atoms with Crippen LogP contribution in [0.4, 0.5) is 5.82 Å². The van der Waals surface area contributed by atoms with E-state index in [1.165, 1.54) is 0 Å². The average molecular weight is 301 g/mol. The first kappa shape index (κ1) is 17.1. The Bertz CT molecular complexity index is 401. The van der Waals surface area contributed by atoms with Gasteiger partial charge >= 0.3 is 0 Å². The molecule has 0 spiro atoms. The number of anilines is 1. The lowest BCUT2D eigenvalue weighted by molar-refractivity contribution is 0.128. The highest BCUT2D eigenvalue weighted by molar-refractivity contribution is 6.29. The molecule has 5 nitrogen and oxygen atoms in total. The molecule has 1 aromatic heterocycles. The average Bonchev–Trinajstić information content (AvgIpc) is 2.40. The molecule has 0 radical (unpaired) electrons. The molecule has 6 heteroatoms. The van der Waals surface area contributed by atoms with E-state index in [1.807, 2.05) is 6.92 Å². The van der Waals surface area contributed by atoms with Crippen LogP contribution in [0.25, 0.3) is 0 Å².